The summed E-state index contributed by atoms with van der Waals surface area (Å²) in [7, 11) is 1.82. The third-order valence-corrected chi connectivity index (χ3v) is 1.26. The Morgan fingerprint density at radius 2 is 2.20 bits per heavy atom. The lowest BCUT2D eigenvalue weighted by Gasteiger charge is -2.13. The number of aryl methyl sites for hydroxylation is 1. The molecule has 4 nitrogen and oxygen atoms in total. The van der Waals surface area contributed by atoms with Crippen molar-refractivity contribution in [1.29, 1.82) is 0 Å². The molecule has 4 heteroatoms. The van der Waals surface area contributed by atoms with Gasteiger partial charge in [0.1, 0.15) is 5.69 Å². The van der Waals surface area contributed by atoms with E-state index in [0.717, 1.165) is 5.69 Å². The lowest BCUT2D eigenvalue weighted by atomic mass is 10.0. The fraction of sp³-hybridized carbons (Fsp3) is 0.667. The summed E-state index contributed by atoms with van der Waals surface area (Å²) < 4.78 is 1.64. The maximum Gasteiger partial charge on any atom is 0.102 e. The molecular weight excluding hydrogens is 128 g/mol. The number of hydrogen-bond acceptors (Lipinski definition) is 3. The van der Waals surface area contributed by atoms with Gasteiger partial charge in [-0.3, -0.25) is 4.68 Å². The van der Waals surface area contributed by atoms with Crippen molar-refractivity contribution in [3.05, 3.63) is 11.9 Å². The number of rotatable bonds is 1. The van der Waals surface area contributed by atoms with Gasteiger partial charge in [0, 0.05) is 13.2 Å². The van der Waals surface area contributed by atoms with Gasteiger partial charge < -0.3 is 5.73 Å². The highest BCUT2D eigenvalue weighted by Crippen LogP contribution is 2.11. The molecule has 2 N–H and O–H groups in total. The van der Waals surface area contributed by atoms with E-state index in [2.05, 4.69) is 10.3 Å². The van der Waals surface area contributed by atoms with Crippen molar-refractivity contribution in [1.82, 2.24) is 15.0 Å². The summed E-state index contributed by atoms with van der Waals surface area (Å²) in [5.74, 6) is 0. The van der Waals surface area contributed by atoms with Gasteiger partial charge in [-0.1, -0.05) is 5.21 Å². The molecule has 0 unspecified atom stereocenters. The zero-order valence-corrected chi connectivity index (χ0v) is 6.50. The Bertz CT molecular complexity index is 220. The van der Waals surface area contributed by atoms with E-state index in [4.69, 9.17) is 5.73 Å². The fourth-order valence-corrected chi connectivity index (χ4v) is 0.643. The Kier molecular flexibility index (Phi) is 1.48. The fourth-order valence-electron chi connectivity index (χ4n) is 0.643. The van der Waals surface area contributed by atoms with Crippen molar-refractivity contribution in [2.45, 2.75) is 19.4 Å². The molecule has 56 valence electrons. The van der Waals surface area contributed by atoms with Crippen LogP contribution in [-0.4, -0.2) is 15.0 Å². The van der Waals surface area contributed by atoms with Crippen LogP contribution in [0.4, 0.5) is 0 Å². The Morgan fingerprint density at radius 3 is 2.40 bits per heavy atom. The Hall–Kier alpha value is -0.900. The minimum absolute atomic E-state index is 0.381. The zero-order chi connectivity index (χ0) is 7.78. The van der Waals surface area contributed by atoms with Gasteiger partial charge in [-0.15, -0.1) is 5.10 Å². The quantitative estimate of drug-likeness (QED) is 0.597. The summed E-state index contributed by atoms with van der Waals surface area (Å²) in [6.45, 7) is 3.80. The van der Waals surface area contributed by atoms with Crippen molar-refractivity contribution in [2.24, 2.45) is 12.8 Å². The minimum Gasteiger partial charge on any atom is -0.320 e. The van der Waals surface area contributed by atoms with Crippen LogP contribution in [0.2, 0.25) is 0 Å². The van der Waals surface area contributed by atoms with Crippen LogP contribution in [0, 0.1) is 0 Å². The minimum atomic E-state index is -0.381. The highest BCUT2D eigenvalue weighted by molar-refractivity contribution is 5.04. The molecule has 0 aromatic carbocycles. The summed E-state index contributed by atoms with van der Waals surface area (Å²) in [4.78, 5) is 0. The number of hydrogen-bond donors (Lipinski definition) is 1. The molecule has 1 aromatic heterocycles. The second-order valence-corrected chi connectivity index (χ2v) is 3.00. The largest absolute Gasteiger partial charge is 0.320 e. The maximum atomic E-state index is 5.75. The van der Waals surface area contributed by atoms with E-state index in [1.54, 1.807) is 4.68 Å². The molecule has 0 saturated carbocycles. The molecule has 0 atom stereocenters. The van der Waals surface area contributed by atoms with E-state index < -0.39 is 0 Å². The lowest BCUT2D eigenvalue weighted by Crippen LogP contribution is -2.29. The normalized spacial score (nSPS) is 12.0. The van der Waals surface area contributed by atoms with Crippen LogP contribution in [0.15, 0.2) is 6.20 Å². The molecule has 0 bridgehead atoms. The average molecular weight is 140 g/mol. The molecule has 1 heterocycles. The highest BCUT2D eigenvalue weighted by Gasteiger charge is 2.17. The maximum absolute atomic E-state index is 5.75. The van der Waals surface area contributed by atoms with Gasteiger partial charge >= 0.3 is 0 Å². The van der Waals surface area contributed by atoms with E-state index in [-0.39, 0.29) is 5.54 Å². The molecule has 0 aliphatic rings. The van der Waals surface area contributed by atoms with Crippen LogP contribution in [0.25, 0.3) is 0 Å². The van der Waals surface area contributed by atoms with Gasteiger partial charge in [0.2, 0.25) is 0 Å². The van der Waals surface area contributed by atoms with Gasteiger partial charge in [0.25, 0.3) is 0 Å². The molecule has 0 aliphatic carbocycles. The molecule has 0 radical (unpaired) electrons. The molecule has 10 heavy (non-hydrogen) atoms. The van der Waals surface area contributed by atoms with Crippen LogP contribution < -0.4 is 5.73 Å². The van der Waals surface area contributed by atoms with Crippen molar-refractivity contribution in [3.63, 3.8) is 0 Å². The van der Waals surface area contributed by atoms with Gasteiger partial charge in [0.05, 0.1) is 5.54 Å². The second-order valence-electron chi connectivity index (χ2n) is 3.00. The van der Waals surface area contributed by atoms with E-state index >= 15 is 0 Å². The standard InChI is InChI=1S/C6H12N4/c1-6(2,7)5-4-10(3)9-8-5/h4H,7H2,1-3H3. The first-order valence-electron chi connectivity index (χ1n) is 3.16. The van der Waals surface area contributed by atoms with Crippen molar-refractivity contribution in [3.8, 4) is 0 Å². The molecule has 1 aromatic rings. The van der Waals surface area contributed by atoms with E-state index in [0.29, 0.717) is 0 Å². The Labute approximate surface area is 60.0 Å². The Balaban J connectivity index is 2.96. The number of aromatic nitrogens is 3. The number of nitrogens with two attached hydrogens (primary N) is 1. The van der Waals surface area contributed by atoms with Crippen molar-refractivity contribution in [2.75, 3.05) is 0 Å². The van der Waals surface area contributed by atoms with Crippen molar-refractivity contribution < 1.29 is 0 Å². The molecule has 1 rings (SSSR count). The van der Waals surface area contributed by atoms with Gasteiger partial charge in [-0.2, -0.15) is 0 Å². The first-order valence-corrected chi connectivity index (χ1v) is 3.16. The molecule has 0 fully saturated rings. The third-order valence-electron chi connectivity index (χ3n) is 1.26. The monoisotopic (exact) mass is 140 g/mol. The van der Waals surface area contributed by atoms with Crippen LogP contribution in [-0.2, 0) is 12.6 Å². The van der Waals surface area contributed by atoms with E-state index in [1.807, 2.05) is 27.1 Å². The summed E-state index contributed by atoms with van der Waals surface area (Å²) >= 11 is 0. The van der Waals surface area contributed by atoms with E-state index in [1.165, 1.54) is 0 Å². The molecule has 0 spiro atoms. The first-order chi connectivity index (χ1) is 4.50. The third kappa shape index (κ3) is 1.33. The predicted molar refractivity (Wildman–Crippen MR) is 38.2 cm³/mol. The predicted octanol–water partition coefficient (Wildman–Crippen LogP) is 0.00890. The Morgan fingerprint density at radius 1 is 1.60 bits per heavy atom. The number of nitrogens with zero attached hydrogens (tertiary/aromatic N) is 3. The van der Waals surface area contributed by atoms with Crippen LogP contribution in [0.5, 0.6) is 0 Å². The highest BCUT2D eigenvalue weighted by atomic mass is 15.4. The van der Waals surface area contributed by atoms with Crippen molar-refractivity contribution >= 4 is 0 Å². The summed E-state index contributed by atoms with van der Waals surface area (Å²) in [6, 6.07) is 0. The zero-order valence-electron chi connectivity index (χ0n) is 6.50. The molecular formula is C6H12N4. The van der Waals surface area contributed by atoms with Crippen LogP contribution in [0.3, 0.4) is 0 Å². The van der Waals surface area contributed by atoms with Gasteiger partial charge in [-0.25, -0.2) is 0 Å². The summed E-state index contributed by atoms with van der Waals surface area (Å²) in [6.07, 6.45) is 1.82. The first kappa shape index (κ1) is 7.21. The van der Waals surface area contributed by atoms with Gasteiger partial charge in [-0.05, 0) is 13.8 Å². The topological polar surface area (TPSA) is 56.7 Å². The summed E-state index contributed by atoms with van der Waals surface area (Å²) in [5.41, 5.74) is 6.19. The molecule has 0 amide bonds. The summed E-state index contributed by atoms with van der Waals surface area (Å²) in [5, 5.41) is 7.64. The van der Waals surface area contributed by atoms with Crippen LogP contribution >= 0.6 is 0 Å². The average Bonchev–Trinajstić information content (AvgIpc) is 2.11. The molecule has 0 saturated heterocycles. The van der Waals surface area contributed by atoms with Crippen LogP contribution in [0.1, 0.15) is 19.5 Å². The van der Waals surface area contributed by atoms with Gasteiger partial charge in [0.15, 0.2) is 0 Å². The van der Waals surface area contributed by atoms with E-state index in [9.17, 15) is 0 Å². The SMILES string of the molecule is Cn1cc(C(C)(C)N)nn1. The second kappa shape index (κ2) is 2.05. The smallest absolute Gasteiger partial charge is 0.102 e. The molecule has 0 aliphatic heterocycles. The lowest BCUT2D eigenvalue weighted by molar-refractivity contribution is 0.533.